The minimum absolute atomic E-state index is 0.176. The van der Waals surface area contributed by atoms with Crippen LogP contribution in [-0.2, 0) is 9.53 Å². The molecule has 0 saturated carbocycles. The third-order valence-electron chi connectivity index (χ3n) is 2.30. The predicted octanol–water partition coefficient (Wildman–Crippen LogP) is 1.97. The van der Waals surface area contributed by atoms with Crippen molar-refractivity contribution in [1.29, 1.82) is 0 Å². The Bertz CT molecular complexity index is 370. The van der Waals surface area contributed by atoms with E-state index in [2.05, 4.69) is 5.32 Å². The second kappa shape index (κ2) is 4.64. The smallest absolute Gasteiger partial charge is 0.333 e. The largest absolute Gasteiger partial charge is 0.462 e. The van der Waals surface area contributed by atoms with E-state index in [1.54, 1.807) is 0 Å². The van der Waals surface area contributed by atoms with Gasteiger partial charge in [-0.2, -0.15) is 0 Å². The molecule has 1 fully saturated rings. The van der Waals surface area contributed by atoms with Crippen LogP contribution in [0, 0.1) is 0 Å². The second-order valence-electron chi connectivity index (χ2n) is 3.36. The summed E-state index contributed by atoms with van der Waals surface area (Å²) in [6.45, 7) is 1.18. The quantitative estimate of drug-likeness (QED) is 0.603. The van der Waals surface area contributed by atoms with Gasteiger partial charge in [-0.3, -0.25) is 0 Å². The molecule has 0 unspecified atom stereocenters. The fourth-order valence-electron chi connectivity index (χ4n) is 1.48. The molecule has 0 atom stereocenters. The summed E-state index contributed by atoms with van der Waals surface area (Å²) in [5, 5.41) is 3.21. The fourth-order valence-corrected chi connectivity index (χ4v) is 1.48. The Morgan fingerprint density at radius 2 is 2.13 bits per heavy atom. The number of esters is 1. The van der Waals surface area contributed by atoms with Crippen molar-refractivity contribution in [1.82, 2.24) is 0 Å². The number of anilines is 1. The lowest BCUT2D eigenvalue weighted by atomic mass is 10.2. The maximum Gasteiger partial charge on any atom is 0.333 e. The molecule has 0 spiro atoms. The van der Waals surface area contributed by atoms with Crippen molar-refractivity contribution in [3.8, 4) is 0 Å². The second-order valence-corrected chi connectivity index (χ2v) is 3.36. The highest BCUT2D eigenvalue weighted by Crippen LogP contribution is 2.12. The minimum atomic E-state index is -0.176. The molecule has 3 nitrogen and oxygen atoms in total. The van der Waals surface area contributed by atoms with Crippen molar-refractivity contribution in [3.63, 3.8) is 0 Å². The highest BCUT2D eigenvalue weighted by molar-refractivity contribution is 5.90. The Balaban J connectivity index is 1.87. The predicted molar refractivity (Wildman–Crippen MR) is 58.6 cm³/mol. The third kappa shape index (κ3) is 2.59. The standard InChI is InChI=1S/C12H13NO2/c14-12-10(7-9-15-12)6-8-13-11-4-2-1-3-5-11/h1-6,13H,7-9H2. The Morgan fingerprint density at radius 3 is 2.80 bits per heavy atom. The molecule has 1 aromatic rings. The molecule has 15 heavy (non-hydrogen) atoms. The van der Waals surface area contributed by atoms with Crippen molar-refractivity contribution in [2.24, 2.45) is 0 Å². The molecule has 0 amide bonds. The number of cyclic esters (lactones) is 1. The zero-order valence-electron chi connectivity index (χ0n) is 8.40. The average Bonchev–Trinajstić information content (AvgIpc) is 2.66. The number of hydrogen-bond donors (Lipinski definition) is 1. The van der Waals surface area contributed by atoms with E-state index in [-0.39, 0.29) is 5.97 Å². The Labute approximate surface area is 88.8 Å². The van der Waals surface area contributed by atoms with E-state index >= 15 is 0 Å². The molecule has 78 valence electrons. The minimum Gasteiger partial charge on any atom is -0.462 e. The molecular formula is C12H13NO2. The topological polar surface area (TPSA) is 38.3 Å². The van der Waals surface area contributed by atoms with E-state index in [1.165, 1.54) is 0 Å². The van der Waals surface area contributed by atoms with E-state index in [4.69, 9.17) is 4.74 Å². The molecule has 1 aliphatic heterocycles. The van der Waals surface area contributed by atoms with Crippen LogP contribution in [0.2, 0.25) is 0 Å². The van der Waals surface area contributed by atoms with Gasteiger partial charge in [0.1, 0.15) is 0 Å². The molecule has 0 aliphatic carbocycles. The van der Waals surface area contributed by atoms with E-state index in [9.17, 15) is 4.79 Å². The molecule has 3 heteroatoms. The number of hydrogen-bond acceptors (Lipinski definition) is 3. The average molecular weight is 203 g/mol. The molecule has 1 saturated heterocycles. The van der Waals surface area contributed by atoms with Gasteiger partial charge in [-0.1, -0.05) is 24.3 Å². The molecule has 2 rings (SSSR count). The molecule has 0 bridgehead atoms. The van der Waals surface area contributed by atoms with Gasteiger partial charge in [0.15, 0.2) is 0 Å². The highest BCUT2D eigenvalue weighted by atomic mass is 16.5. The summed E-state index contributed by atoms with van der Waals surface area (Å²) in [6, 6.07) is 9.90. The van der Waals surface area contributed by atoms with Crippen molar-refractivity contribution in [2.75, 3.05) is 18.5 Å². The first kappa shape index (κ1) is 9.77. The molecule has 1 aliphatic rings. The van der Waals surface area contributed by atoms with Crippen LogP contribution >= 0.6 is 0 Å². The van der Waals surface area contributed by atoms with E-state index in [1.807, 2.05) is 36.4 Å². The Hall–Kier alpha value is -1.77. The zero-order chi connectivity index (χ0) is 10.5. The number of benzene rings is 1. The summed E-state index contributed by atoms with van der Waals surface area (Å²) in [7, 11) is 0. The first-order valence-electron chi connectivity index (χ1n) is 5.01. The summed E-state index contributed by atoms with van der Waals surface area (Å²) in [4.78, 5) is 11.1. The Morgan fingerprint density at radius 1 is 1.33 bits per heavy atom. The normalized spacial score (nSPS) is 17.9. The van der Waals surface area contributed by atoms with Crippen LogP contribution < -0.4 is 5.32 Å². The van der Waals surface area contributed by atoms with Crippen LogP contribution in [0.25, 0.3) is 0 Å². The summed E-state index contributed by atoms with van der Waals surface area (Å²) < 4.78 is 4.83. The lowest BCUT2D eigenvalue weighted by molar-refractivity contribution is -0.135. The summed E-state index contributed by atoms with van der Waals surface area (Å²) in [6.07, 6.45) is 2.62. The number of rotatable bonds is 3. The number of carbonyl (C=O) groups is 1. The summed E-state index contributed by atoms with van der Waals surface area (Å²) in [5.41, 5.74) is 1.83. The third-order valence-corrected chi connectivity index (χ3v) is 2.30. The van der Waals surface area contributed by atoms with Crippen LogP contribution in [0.1, 0.15) is 6.42 Å². The zero-order valence-corrected chi connectivity index (χ0v) is 8.40. The first-order valence-corrected chi connectivity index (χ1v) is 5.01. The number of ether oxygens (including phenoxy) is 1. The maximum absolute atomic E-state index is 11.1. The monoisotopic (exact) mass is 203 g/mol. The number of para-hydroxylation sites is 1. The van der Waals surface area contributed by atoms with Crippen LogP contribution in [0.4, 0.5) is 5.69 Å². The molecule has 0 radical (unpaired) electrons. The highest BCUT2D eigenvalue weighted by Gasteiger charge is 2.17. The van der Waals surface area contributed by atoms with Crippen molar-refractivity contribution in [3.05, 3.63) is 42.0 Å². The van der Waals surface area contributed by atoms with Crippen LogP contribution in [0.15, 0.2) is 42.0 Å². The number of nitrogens with one attached hydrogen (secondary N) is 1. The van der Waals surface area contributed by atoms with Gasteiger partial charge in [-0.05, 0) is 12.1 Å². The van der Waals surface area contributed by atoms with Crippen molar-refractivity contribution < 1.29 is 9.53 Å². The fraction of sp³-hybridized carbons (Fsp3) is 0.250. The van der Waals surface area contributed by atoms with Gasteiger partial charge >= 0.3 is 5.97 Å². The Kier molecular flexibility index (Phi) is 3.02. The summed E-state index contributed by atoms with van der Waals surface area (Å²) >= 11 is 0. The van der Waals surface area contributed by atoms with Crippen LogP contribution in [-0.4, -0.2) is 19.1 Å². The van der Waals surface area contributed by atoms with Crippen LogP contribution in [0.3, 0.4) is 0 Å². The van der Waals surface area contributed by atoms with Crippen LogP contribution in [0.5, 0.6) is 0 Å². The van der Waals surface area contributed by atoms with Gasteiger partial charge < -0.3 is 10.1 Å². The van der Waals surface area contributed by atoms with Gasteiger partial charge in [0.2, 0.25) is 0 Å². The van der Waals surface area contributed by atoms with Crippen molar-refractivity contribution >= 4 is 11.7 Å². The molecule has 1 heterocycles. The van der Waals surface area contributed by atoms with E-state index < -0.39 is 0 Å². The first-order chi connectivity index (χ1) is 7.36. The lowest BCUT2D eigenvalue weighted by Crippen LogP contribution is -2.01. The summed E-state index contributed by atoms with van der Waals surface area (Å²) in [5.74, 6) is -0.176. The van der Waals surface area contributed by atoms with E-state index in [0.717, 1.165) is 17.7 Å². The number of carbonyl (C=O) groups excluding carboxylic acids is 1. The SMILES string of the molecule is O=C1OCCC1=CCNc1ccccc1. The van der Waals surface area contributed by atoms with Gasteiger partial charge in [0.25, 0.3) is 0 Å². The maximum atomic E-state index is 11.1. The van der Waals surface area contributed by atoms with Gasteiger partial charge in [-0.25, -0.2) is 4.79 Å². The van der Waals surface area contributed by atoms with E-state index in [0.29, 0.717) is 13.2 Å². The molecule has 1 N–H and O–H groups in total. The van der Waals surface area contributed by atoms with Gasteiger partial charge in [0, 0.05) is 24.2 Å². The molecular weight excluding hydrogens is 190 g/mol. The lowest BCUT2D eigenvalue weighted by Gasteiger charge is -2.02. The van der Waals surface area contributed by atoms with Gasteiger partial charge in [0.05, 0.1) is 6.61 Å². The van der Waals surface area contributed by atoms with Crippen molar-refractivity contribution in [2.45, 2.75) is 6.42 Å². The molecule has 0 aromatic heterocycles. The molecule has 1 aromatic carbocycles. The van der Waals surface area contributed by atoms with Gasteiger partial charge in [-0.15, -0.1) is 0 Å².